The van der Waals surface area contributed by atoms with Gasteiger partial charge in [-0.25, -0.2) is 0 Å². The Kier molecular flexibility index (Phi) is 7.29. The lowest BCUT2D eigenvalue weighted by molar-refractivity contribution is 0.0932. The second-order valence-corrected chi connectivity index (χ2v) is 5.16. The summed E-state index contributed by atoms with van der Waals surface area (Å²) in [5, 5.41) is 14.6. The molecule has 0 aliphatic rings. The summed E-state index contributed by atoms with van der Waals surface area (Å²) in [4.78, 5) is 12.2. The summed E-state index contributed by atoms with van der Waals surface area (Å²) in [6, 6.07) is 6.94. The van der Waals surface area contributed by atoms with Crippen LogP contribution in [0.5, 0.6) is 0 Å². The number of nitrogens with zero attached hydrogens (tertiary/aromatic N) is 1. The highest BCUT2D eigenvalue weighted by molar-refractivity contribution is 5.99. The maximum atomic E-state index is 12.2. The van der Waals surface area contributed by atoms with Gasteiger partial charge in [0.05, 0.1) is 0 Å². The van der Waals surface area contributed by atoms with Gasteiger partial charge in [0.1, 0.15) is 0 Å². The van der Waals surface area contributed by atoms with E-state index in [9.17, 15) is 4.79 Å². The highest BCUT2D eigenvalue weighted by Gasteiger charge is 2.13. The van der Waals surface area contributed by atoms with Crippen molar-refractivity contribution in [1.29, 1.82) is 0 Å². The summed E-state index contributed by atoms with van der Waals surface area (Å²) in [7, 11) is 0. The summed E-state index contributed by atoms with van der Waals surface area (Å²) < 4.78 is 0. The molecule has 0 radical (unpaired) electrons. The van der Waals surface area contributed by atoms with E-state index in [0.29, 0.717) is 11.1 Å². The summed E-state index contributed by atoms with van der Waals surface area (Å²) in [5.74, 6) is -0.0376. The Morgan fingerprint density at radius 2 is 1.81 bits per heavy atom. The monoisotopic (exact) mass is 291 g/mol. The average molecular weight is 291 g/mol. The Hall–Kier alpha value is -2.04. The normalized spacial score (nSPS) is 13.0. The SMILES string of the molecule is CCCCC(CCC)NC(=O)c1ccc(/C(N)=N/O)cc1. The lowest BCUT2D eigenvalue weighted by Gasteiger charge is -2.18. The molecule has 0 aromatic heterocycles. The maximum Gasteiger partial charge on any atom is 0.251 e. The fourth-order valence-electron chi connectivity index (χ4n) is 2.21. The second-order valence-electron chi connectivity index (χ2n) is 5.16. The van der Waals surface area contributed by atoms with E-state index >= 15 is 0 Å². The number of nitrogens with one attached hydrogen (secondary N) is 1. The molecule has 5 nitrogen and oxygen atoms in total. The molecule has 0 spiro atoms. The Morgan fingerprint density at radius 1 is 1.19 bits per heavy atom. The average Bonchev–Trinajstić information content (AvgIpc) is 2.52. The Bertz CT molecular complexity index is 469. The number of nitrogens with two attached hydrogens (primary N) is 1. The van der Waals surface area contributed by atoms with Crippen molar-refractivity contribution in [2.24, 2.45) is 10.9 Å². The molecule has 1 unspecified atom stereocenters. The van der Waals surface area contributed by atoms with Gasteiger partial charge in [-0.2, -0.15) is 0 Å². The molecule has 0 saturated heterocycles. The minimum Gasteiger partial charge on any atom is -0.409 e. The molecule has 0 bridgehead atoms. The van der Waals surface area contributed by atoms with Crippen LogP contribution < -0.4 is 11.1 Å². The smallest absolute Gasteiger partial charge is 0.251 e. The van der Waals surface area contributed by atoms with Crippen LogP contribution in [0, 0.1) is 0 Å². The minimum atomic E-state index is -0.0735. The first-order chi connectivity index (χ1) is 10.1. The van der Waals surface area contributed by atoms with Crippen molar-refractivity contribution in [3.63, 3.8) is 0 Å². The predicted octanol–water partition coefficient (Wildman–Crippen LogP) is 2.87. The fourth-order valence-corrected chi connectivity index (χ4v) is 2.21. The second kappa shape index (κ2) is 9.00. The van der Waals surface area contributed by atoms with Crippen molar-refractivity contribution in [2.75, 3.05) is 0 Å². The largest absolute Gasteiger partial charge is 0.409 e. The first-order valence-corrected chi connectivity index (χ1v) is 7.51. The van der Waals surface area contributed by atoms with Crippen LogP contribution in [0.1, 0.15) is 61.9 Å². The molecule has 0 fully saturated rings. The summed E-state index contributed by atoms with van der Waals surface area (Å²) in [6.07, 6.45) is 5.31. The van der Waals surface area contributed by atoms with Crippen LogP contribution in [0.3, 0.4) is 0 Å². The molecule has 1 atom stereocenters. The highest BCUT2D eigenvalue weighted by atomic mass is 16.4. The maximum absolute atomic E-state index is 12.2. The van der Waals surface area contributed by atoms with Crippen LogP contribution >= 0.6 is 0 Å². The molecule has 0 saturated carbocycles. The Labute approximate surface area is 126 Å². The van der Waals surface area contributed by atoms with Gasteiger partial charge >= 0.3 is 0 Å². The van der Waals surface area contributed by atoms with Crippen molar-refractivity contribution >= 4 is 11.7 Å². The minimum absolute atomic E-state index is 0.0359. The number of amides is 1. The third kappa shape index (κ3) is 5.45. The molecule has 4 N–H and O–H groups in total. The van der Waals surface area contributed by atoms with Gasteiger partial charge in [-0.1, -0.05) is 50.4 Å². The number of oxime groups is 1. The Balaban J connectivity index is 2.68. The fraction of sp³-hybridized carbons (Fsp3) is 0.500. The van der Waals surface area contributed by atoms with Gasteiger partial charge in [0, 0.05) is 17.2 Å². The zero-order chi connectivity index (χ0) is 15.7. The number of rotatable bonds is 8. The lowest BCUT2D eigenvalue weighted by atomic mass is 10.0. The number of carbonyl (C=O) groups is 1. The molecule has 21 heavy (non-hydrogen) atoms. The van der Waals surface area contributed by atoms with E-state index in [0.717, 1.165) is 32.1 Å². The molecule has 116 valence electrons. The van der Waals surface area contributed by atoms with Gasteiger partial charge in [-0.3, -0.25) is 4.79 Å². The van der Waals surface area contributed by atoms with E-state index in [4.69, 9.17) is 10.9 Å². The lowest BCUT2D eigenvalue weighted by Crippen LogP contribution is -2.34. The standard InChI is InChI=1S/C16H25N3O2/c1-3-5-7-14(6-4-2)18-16(20)13-10-8-12(9-11-13)15(17)19-21/h8-11,14,21H,3-7H2,1-2H3,(H2,17,19)(H,18,20). The van der Waals surface area contributed by atoms with E-state index in [1.807, 2.05) is 0 Å². The van der Waals surface area contributed by atoms with Crippen molar-refractivity contribution in [3.8, 4) is 0 Å². The molecule has 1 rings (SSSR count). The number of amidine groups is 1. The molecule has 1 amide bonds. The van der Waals surface area contributed by atoms with Crippen molar-refractivity contribution in [2.45, 2.75) is 52.0 Å². The Morgan fingerprint density at radius 3 is 2.33 bits per heavy atom. The predicted molar refractivity (Wildman–Crippen MR) is 84.6 cm³/mol. The summed E-state index contributed by atoms with van der Waals surface area (Å²) in [6.45, 7) is 4.27. The number of unbranched alkanes of at least 4 members (excludes halogenated alkanes) is 1. The van der Waals surface area contributed by atoms with Crippen LogP contribution in [-0.2, 0) is 0 Å². The number of hydrogen-bond acceptors (Lipinski definition) is 3. The van der Waals surface area contributed by atoms with Crippen LogP contribution in [-0.4, -0.2) is 23.0 Å². The number of benzene rings is 1. The van der Waals surface area contributed by atoms with Crippen LogP contribution in [0.25, 0.3) is 0 Å². The molecular weight excluding hydrogens is 266 g/mol. The van der Waals surface area contributed by atoms with Gasteiger partial charge in [-0.15, -0.1) is 0 Å². The van der Waals surface area contributed by atoms with Gasteiger partial charge < -0.3 is 16.3 Å². The quantitative estimate of drug-likeness (QED) is 0.298. The van der Waals surface area contributed by atoms with Gasteiger partial charge in [0.25, 0.3) is 5.91 Å². The van der Waals surface area contributed by atoms with E-state index in [1.165, 1.54) is 0 Å². The molecule has 1 aromatic carbocycles. The highest BCUT2D eigenvalue weighted by Crippen LogP contribution is 2.09. The molecule has 0 aliphatic carbocycles. The van der Waals surface area contributed by atoms with E-state index < -0.39 is 0 Å². The van der Waals surface area contributed by atoms with Crippen LogP contribution in [0.2, 0.25) is 0 Å². The third-order valence-electron chi connectivity index (χ3n) is 3.43. The van der Waals surface area contributed by atoms with Crippen molar-refractivity contribution in [1.82, 2.24) is 5.32 Å². The zero-order valence-corrected chi connectivity index (χ0v) is 12.8. The molecule has 1 aromatic rings. The van der Waals surface area contributed by atoms with Crippen LogP contribution in [0.15, 0.2) is 29.4 Å². The topological polar surface area (TPSA) is 87.7 Å². The molecule has 0 heterocycles. The number of hydrogen-bond donors (Lipinski definition) is 3. The van der Waals surface area contributed by atoms with Gasteiger partial charge in [0.2, 0.25) is 0 Å². The third-order valence-corrected chi connectivity index (χ3v) is 3.43. The molecule has 0 aliphatic heterocycles. The zero-order valence-electron chi connectivity index (χ0n) is 12.8. The molecular formula is C16H25N3O2. The first kappa shape index (κ1) is 17.0. The van der Waals surface area contributed by atoms with E-state index in [2.05, 4.69) is 24.3 Å². The van der Waals surface area contributed by atoms with Gasteiger partial charge in [-0.05, 0) is 25.0 Å². The summed E-state index contributed by atoms with van der Waals surface area (Å²) in [5.41, 5.74) is 6.67. The number of carbonyl (C=O) groups excluding carboxylic acids is 1. The molecule has 5 heteroatoms. The van der Waals surface area contributed by atoms with E-state index in [1.54, 1.807) is 24.3 Å². The van der Waals surface area contributed by atoms with Gasteiger partial charge in [0.15, 0.2) is 5.84 Å². The first-order valence-electron chi connectivity index (χ1n) is 7.51. The van der Waals surface area contributed by atoms with Crippen LogP contribution in [0.4, 0.5) is 0 Å². The van der Waals surface area contributed by atoms with Crippen molar-refractivity contribution in [3.05, 3.63) is 35.4 Å². The van der Waals surface area contributed by atoms with E-state index in [-0.39, 0.29) is 17.8 Å². The van der Waals surface area contributed by atoms with Crippen molar-refractivity contribution < 1.29 is 10.0 Å². The summed E-state index contributed by atoms with van der Waals surface area (Å²) >= 11 is 0.